The van der Waals surface area contributed by atoms with Crippen LogP contribution in [-0.2, 0) is 35.1 Å². The number of nitrogens with one attached hydrogen (secondary N) is 1. The van der Waals surface area contributed by atoms with Crippen LogP contribution in [0.15, 0.2) is 36.4 Å². The maximum Gasteiger partial charge on any atom is 0.337 e. The van der Waals surface area contributed by atoms with Gasteiger partial charge in [0.25, 0.3) is 0 Å². The summed E-state index contributed by atoms with van der Waals surface area (Å²) >= 11 is 0. The molecule has 1 aromatic carbocycles. The molecule has 3 N–H and O–H groups in total. The van der Waals surface area contributed by atoms with Crippen LogP contribution >= 0.6 is 0 Å². The van der Waals surface area contributed by atoms with Crippen LogP contribution < -0.4 is 10.1 Å². The molecule has 0 aliphatic heterocycles. The van der Waals surface area contributed by atoms with E-state index in [1.54, 1.807) is 37.3 Å². The molecule has 0 spiro atoms. The number of amides is 2. The van der Waals surface area contributed by atoms with Gasteiger partial charge in [0.05, 0.1) is 19.4 Å². The molecule has 0 saturated heterocycles. The lowest BCUT2D eigenvalue weighted by Gasteiger charge is -2.31. The van der Waals surface area contributed by atoms with Crippen LogP contribution in [-0.4, -0.2) is 84.1 Å². The van der Waals surface area contributed by atoms with E-state index in [0.717, 1.165) is 37.0 Å². The lowest BCUT2D eigenvalue weighted by molar-refractivity contribution is -0.170. The molecule has 1 rings (SSSR count). The number of hydrogen-bond donors (Lipinski definition) is 3. The van der Waals surface area contributed by atoms with E-state index in [-0.39, 0.29) is 13.0 Å². The van der Waals surface area contributed by atoms with Crippen molar-refractivity contribution < 1.29 is 43.7 Å². The molecule has 11 heteroatoms. The number of carboxylic acids is 1. The number of carbonyl (C=O) groups is 5. The number of methoxy groups -OCH3 is 1. The summed E-state index contributed by atoms with van der Waals surface area (Å²) in [5.41, 5.74) is -2.14. The van der Waals surface area contributed by atoms with Crippen molar-refractivity contribution in [3.8, 4) is 17.6 Å². The quantitative estimate of drug-likeness (QED) is 0.0556. The minimum Gasteiger partial charge on any atom is -0.481 e. The molecule has 0 bridgehead atoms. The third-order valence-electron chi connectivity index (χ3n) is 8.20. The van der Waals surface area contributed by atoms with Crippen molar-refractivity contribution >= 4 is 29.5 Å². The number of aliphatic hydroxyl groups is 1. The average Bonchev–Trinajstić information content (AvgIpc) is 3.07. The van der Waals surface area contributed by atoms with E-state index >= 15 is 0 Å². The first-order valence-electron chi connectivity index (χ1n) is 17.2. The molecule has 1 unspecified atom stereocenters. The van der Waals surface area contributed by atoms with Gasteiger partial charge >= 0.3 is 11.9 Å². The molecule has 1 aromatic rings. The Hall–Kier alpha value is -4.17. The molecule has 272 valence electrons. The fourth-order valence-corrected chi connectivity index (χ4v) is 5.14. The zero-order chi connectivity index (χ0) is 36.7. The number of hydrogen-bond acceptors (Lipinski definition) is 8. The predicted molar refractivity (Wildman–Crippen MR) is 188 cm³/mol. The Kier molecular flexibility index (Phi) is 21.0. The monoisotopic (exact) mass is 684 g/mol. The highest BCUT2D eigenvalue weighted by molar-refractivity contribution is 5.95. The van der Waals surface area contributed by atoms with Gasteiger partial charge in [0, 0.05) is 33.4 Å². The molecule has 0 fully saturated rings. The Labute approximate surface area is 291 Å². The van der Waals surface area contributed by atoms with E-state index in [0.29, 0.717) is 42.8 Å². The van der Waals surface area contributed by atoms with Gasteiger partial charge in [0.15, 0.2) is 5.60 Å². The van der Waals surface area contributed by atoms with Crippen molar-refractivity contribution in [2.75, 3.05) is 27.8 Å². The number of Topliss-reactive ketones (excluding diaryl/α,β-unsaturated/α-hetero) is 1. The summed E-state index contributed by atoms with van der Waals surface area (Å²) in [7, 11) is 3.99. The maximum absolute atomic E-state index is 13.7. The second-order valence-electron chi connectivity index (χ2n) is 12.4. The maximum atomic E-state index is 13.7. The van der Waals surface area contributed by atoms with Gasteiger partial charge < -0.3 is 29.9 Å². The molecule has 11 nitrogen and oxygen atoms in total. The van der Waals surface area contributed by atoms with E-state index < -0.39 is 47.7 Å². The van der Waals surface area contributed by atoms with Crippen LogP contribution in [0.25, 0.3) is 0 Å². The van der Waals surface area contributed by atoms with Crippen molar-refractivity contribution in [2.45, 2.75) is 115 Å². The second-order valence-corrected chi connectivity index (χ2v) is 12.4. The number of carboxylic acid groups (broad SMARTS) is 1. The van der Waals surface area contributed by atoms with E-state index in [1.165, 1.54) is 46.5 Å². The zero-order valence-corrected chi connectivity index (χ0v) is 29.9. The first kappa shape index (κ1) is 42.9. The number of aliphatic carboxylic acids is 1. The highest BCUT2D eigenvalue weighted by Crippen LogP contribution is 2.26. The van der Waals surface area contributed by atoms with E-state index in [9.17, 15) is 34.2 Å². The molecular weight excluding hydrogens is 628 g/mol. The topological polar surface area (TPSA) is 160 Å². The van der Waals surface area contributed by atoms with Crippen molar-refractivity contribution in [1.82, 2.24) is 10.2 Å². The molecule has 0 aromatic heterocycles. The molecular formula is C38H56N2O9. The summed E-state index contributed by atoms with van der Waals surface area (Å²) < 4.78 is 10.4. The van der Waals surface area contributed by atoms with Crippen LogP contribution in [0.2, 0.25) is 0 Å². The van der Waals surface area contributed by atoms with Crippen molar-refractivity contribution in [2.24, 2.45) is 5.92 Å². The van der Waals surface area contributed by atoms with Crippen molar-refractivity contribution in [1.29, 1.82) is 0 Å². The van der Waals surface area contributed by atoms with Gasteiger partial charge in [-0.1, -0.05) is 75.7 Å². The number of unbranched alkanes of at least 4 members (excludes halogenated alkanes) is 8. The average molecular weight is 685 g/mol. The van der Waals surface area contributed by atoms with Gasteiger partial charge in [-0.2, -0.15) is 0 Å². The summed E-state index contributed by atoms with van der Waals surface area (Å²) in [6, 6.07) is 5.59. The Morgan fingerprint density at radius 3 is 2.12 bits per heavy atom. The fourth-order valence-electron chi connectivity index (χ4n) is 5.14. The van der Waals surface area contributed by atoms with Crippen LogP contribution in [0.3, 0.4) is 0 Å². The highest BCUT2D eigenvalue weighted by atomic mass is 16.5. The first-order valence-corrected chi connectivity index (χ1v) is 17.2. The standard InChI is InChI=1S/C38H56N2O9/c1-6-8-10-13-16-19-30(41)20-17-14-11-12-15-18-21-32(38(47,37(45)46)28-34(42)40(3)4)35(43)39-33(36(44)48-5)27-29-22-24-31(25-23-29)49-26-9-7-2/h18,21-25,32-33,47H,6,8,10-17,19-20,26-28H2,1-5H3,(H,39,43)(H,45,46)/b21-18+/t32-,33?,38+/m1/s1. The first-order chi connectivity index (χ1) is 23.4. The molecule has 0 aliphatic carbocycles. The molecule has 49 heavy (non-hydrogen) atoms. The normalized spacial score (nSPS) is 13.3. The van der Waals surface area contributed by atoms with Gasteiger partial charge in [0.2, 0.25) is 11.8 Å². The molecule has 0 heterocycles. The molecule has 3 atom stereocenters. The van der Waals surface area contributed by atoms with Gasteiger partial charge in [-0.15, -0.1) is 5.92 Å². The Balaban J connectivity index is 2.98. The molecule has 0 saturated carbocycles. The van der Waals surface area contributed by atoms with Gasteiger partial charge in [-0.05, 0) is 50.3 Å². The second kappa shape index (κ2) is 24.0. The van der Waals surface area contributed by atoms with Crippen molar-refractivity contribution in [3.05, 3.63) is 42.0 Å². The molecule has 2 amide bonds. The zero-order valence-electron chi connectivity index (χ0n) is 29.9. The summed E-state index contributed by atoms with van der Waals surface area (Å²) in [5.74, 6) is 0.523. The van der Waals surface area contributed by atoms with Crippen molar-refractivity contribution in [3.63, 3.8) is 0 Å². The van der Waals surface area contributed by atoms with Crippen LogP contribution in [0.5, 0.6) is 5.75 Å². The van der Waals surface area contributed by atoms with E-state index in [2.05, 4.69) is 24.1 Å². The third-order valence-corrected chi connectivity index (χ3v) is 8.20. The summed E-state index contributed by atoms with van der Waals surface area (Å²) in [4.78, 5) is 64.7. The predicted octanol–water partition coefficient (Wildman–Crippen LogP) is 5.03. The number of carbonyl (C=O) groups excluding carboxylic acids is 4. The van der Waals surface area contributed by atoms with Gasteiger partial charge in [-0.25, -0.2) is 9.59 Å². The number of nitrogens with zero attached hydrogens (tertiary/aromatic N) is 1. The highest BCUT2D eigenvalue weighted by Gasteiger charge is 2.49. The Morgan fingerprint density at radius 1 is 0.959 bits per heavy atom. The van der Waals surface area contributed by atoms with E-state index in [4.69, 9.17) is 9.47 Å². The van der Waals surface area contributed by atoms with Gasteiger partial charge in [-0.3, -0.25) is 14.4 Å². The van der Waals surface area contributed by atoms with Crippen LogP contribution in [0, 0.1) is 17.8 Å². The summed E-state index contributed by atoms with van der Waals surface area (Å²) in [6.07, 6.45) is 12.5. The van der Waals surface area contributed by atoms with Gasteiger partial charge in [0.1, 0.15) is 24.2 Å². The number of ether oxygens (including phenoxy) is 2. The SMILES string of the molecule is CC#CCOc1ccc(CC(NC(=O)[C@@H](/C=C/CCCCCCC(=O)CCCCCCC)[C@@](O)(CC(=O)N(C)C)C(=O)O)C(=O)OC)cc1. The third kappa shape index (κ3) is 16.7. The Bertz CT molecular complexity index is 1280. The molecule has 0 radical (unpaired) electrons. The minimum absolute atomic E-state index is 0.00732. The number of ketones is 1. The fraction of sp³-hybridized carbons (Fsp3) is 0.605. The van der Waals surface area contributed by atoms with Crippen LogP contribution in [0.4, 0.5) is 0 Å². The number of rotatable bonds is 25. The number of esters is 1. The summed E-state index contributed by atoms with van der Waals surface area (Å²) in [5, 5.41) is 24.0. The van der Waals surface area contributed by atoms with Crippen LogP contribution in [0.1, 0.15) is 103 Å². The lowest BCUT2D eigenvalue weighted by atomic mass is 9.82. The Morgan fingerprint density at radius 2 is 1.57 bits per heavy atom. The number of allylic oxidation sites excluding steroid dienone is 1. The van der Waals surface area contributed by atoms with E-state index in [1.807, 2.05) is 0 Å². The smallest absolute Gasteiger partial charge is 0.337 e. The minimum atomic E-state index is -2.79. The molecule has 0 aliphatic rings. The summed E-state index contributed by atoms with van der Waals surface area (Å²) in [6.45, 7) is 4.08. The largest absolute Gasteiger partial charge is 0.481 e. The lowest BCUT2D eigenvalue weighted by Crippen LogP contribution is -2.56. The number of benzene rings is 1.